The van der Waals surface area contributed by atoms with Crippen molar-refractivity contribution in [3.8, 4) is 10.4 Å². The average Bonchev–Trinajstić information content (AvgIpc) is 3.22. The highest BCUT2D eigenvalue weighted by atomic mass is 32.1. The summed E-state index contributed by atoms with van der Waals surface area (Å²) in [5, 5.41) is 24.9. The van der Waals surface area contributed by atoms with Crippen LogP contribution in [0.25, 0.3) is 10.4 Å². The highest BCUT2D eigenvalue weighted by Crippen LogP contribution is 2.50. The van der Waals surface area contributed by atoms with Gasteiger partial charge in [0.05, 0.1) is 10.3 Å². The zero-order valence-electron chi connectivity index (χ0n) is 18.7. The van der Waals surface area contributed by atoms with E-state index in [2.05, 4.69) is 26.3 Å². The van der Waals surface area contributed by atoms with Gasteiger partial charge in [-0.1, -0.05) is 13.0 Å². The summed E-state index contributed by atoms with van der Waals surface area (Å²) in [6.45, 7) is 7.62. The molecule has 2 aromatic heterocycles. The molecule has 1 aromatic carbocycles. The number of aryl methyl sites for hydroxylation is 2. The van der Waals surface area contributed by atoms with Crippen molar-refractivity contribution in [2.75, 3.05) is 5.32 Å². The quantitative estimate of drug-likeness (QED) is 0.496. The summed E-state index contributed by atoms with van der Waals surface area (Å²) in [6.07, 6.45) is 4.70. The number of aromatic nitrogens is 3. The normalized spacial score (nSPS) is 25.5. The molecule has 0 amide bonds. The predicted molar refractivity (Wildman–Crippen MR) is 125 cm³/mol. The summed E-state index contributed by atoms with van der Waals surface area (Å²) in [7, 11) is 0. The van der Waals surface area contributed by atoms with Gasteiger partial charge in [0.1, 0.15) is 10.6 Å². The fourth-order valence-corrected chi connectivity index (χ4v) is 5.35. The van der Waals surface area contributed by atoms with Gasteiger partial charge in [-0.05, 0) is 75.3 Å². The van der Waals surface area contributed by atoms with Gasteiger partial charge in [0.25, 0.3) is 0 Å². The number of nitrogens with zero attached hydrogens (tertiary/aromatic N) is 3. The van der Waals surface area contributed by atoms with Gasteiger partial charge >= 0.3 is 5.97 Å². The van der Waals surface area contributed by atoms with Crippen molar-refractivity contribution >= 4 is 28.9 Å². The molecule has 32 heavy (non-hydrogen) atoms. The summed E-state index contributed by atoms with van der Waals surface area (Å²) in [5.41, 5.74) is 1.92. The fourth-order valence-electron chi connectivity index (χ4n) is 4.32. The molecule has 8 heteroatoms. The van der Waals surface area contributed by atoms with Gasteiger partial charge in [-0.15, -0.1) is 11.3 Å². The third kappa shape index (κ3) is 4.25. The lowest BCUT2D eigenvalue weighted by Gasteiger charge is -2.43. The number of carboxylic acids is 1. The molecule has 0 radical (unpaired) electrons. The van der Waals surface area contributed by atoms with Gasteiger partial charge in [-0.2, -0.15) is 0 Å². The molecule has 2 heterocycles. The van der Waals surface area contributed by atoms with E-state index in [0.717, 1.165) is 27.4 Å². The van der Waals surface area contributed by atoms with Crippen molar-refractivity contribution in [3.05, 3.63) is 52.9 Å². The molecule has 0 unspecified atom stereocenters. The molecule has 0 saturated heterocycles. The highest BCUT2D eigenvalue weighted by molar-refractivity contribution is 7.15. The molecular weight excluding hydrogens is 424 g/mol. The third-order valence-corrected chi connectivity index (χ3v) is 7.83. The molecule has 3 atom stereocenters. The summed E-state index contributed by atoms with van der Waals surface area (Å²) in [6, 6.07) is 7.97. The number of anilines is 2. The van der Waals surface area contributed by atoms with E-state index in [0.29, 0.717) is 30.2 Å². The van der Waals surface area contributed by atoms with E-state index in [1.807, 2.05) is 39.0 Å². The van der Waals surface area contributed by atoms with Crippen molar-refractivity contribution < 1.29 is 15.0 Å². The number of benzene rings is 1. The van der Waals surface area contributed by atoms with Gasteiger partial charge in [-0.25, -0.2) is 15.0 Å². The van der Waals surface area contributed by atoms with Gasteiger partial charge in [0.2, 0.25) is 5.95 Å². The average molecular weight is 453 g/mol. The van der Waals surface area contributed by atoms with Crippen molar-refractivity contribution in [2.24, 2.45) is 11.3 Å². The maximum atomic E-state index is 11.7. The number of thiazole rings is 1. The Labute approximate surface area is 191 Å². The van der Waals surface area contributed by atoms with Crippen LogP contribution in [0.2, 0.25) is 0 Å². The van der Waals surface area contributed by atoms with Crippen LogP contribution in [-0.4, -0.2) is 31.1 Å². The second kappa shape index (κ2) is 8.26. The van der Waals surface area contributed by atoms with Crippen LogP contribution >= 0.6 is 11.3 Å². The fraction of sp³-hybridized carbons (Fsp3) is 0.417. The predicted octanol–water partition coefficient (Wildman–Crippen LogP) is 5.06. The van der Waals surface area contributed by atoms with Gasteiger partial charge in [0.15, 0.2) is 0 Å². The van der Waals surface area contributed by atoms with Gasteiger partial charge < -0.3 is 15.5 Å². The number of rotatable bonds is 5. The third-order valence-electron chi connectivity index (χ3n) is 6.59. The Bertz CT molecular complexity index is 1160. The zero-order valence-corrected chi connectivity index (χ0v) is 19.5. The Hall–Kier alpha value is -2.84. The van der Waals surface area contributed by atoms with E-state index in [1.165, 1.54) is 11.3 Å². The van der Waals surface area contributed by atoms with Crippen LogP contribution in [0.1, 0.15) is 49.4 Å². The Balaban J connectivity index is 1.59. The Kier molecular flexibility index (Phi) is 5.77. The molecule has 1 aliphatic carbocycles. The first kappa shape index (κ1) is 22.4. The summed E-state index contributed by atoms with van der Waals surface area (Å²) < 4.78 is 0. The maximum Gasteiger partial charge on any atom is 0.309 e. The molecular formula is C24H28N4O3S. The molecule has 4 rings (SSSR count). The standard InChI is InChI=1S/C24H28N4O3S/c1-14-9-17(11-18(10-14)28-22-25-8-5-16(3)27-22)19-13-26-20(32-19)24(31)7-6-23(4,21(29)30)15(2)12-24/h5,8-11,13,15,31H,6-7,12H2,1-4H3,(H,29,30)(H,25,27,28)/t15-,23-,24-/m1/s1. The first-order valence-corrected chi connectivity index (χ1v) is 11.5. The van der Waals surface area contributed by atoms with E-state index in [9.17, 15) is 15.0 Å². The summed E-state index contributed by atoms with van der Waals surface area (Å²) in [5.74, 6) is -0.419. The Morgan fingerprint density at radius 1 is 1.22 bits per heavy atom. The maximum absolute atomic E-state index is 11.7. The van der Waals surface area contributed by atoms with E-state index >= 15 is 0 Å². The molecule has 1 aliphatic rings. The van der Waals surface area contributed by atoms with Gasteiger partial charge in [-0.3, -0.25) is 4.79 Å². The van der Waals surface area contributed by atoms with Crippen LogP contribution in [0.5, 0.6) is 0 Å². The second-order valence-electron chi connectivity index (χ2n) is 9.12. The molecule has 0 spiro atoms. The number of aliphatic hydroxyl groups is 1. The van der Waals surface area contributed by atoms with Crippen LogP contribution in [0.4, 0.5) is 11.6 Å². The van der Waals surface area contributed by atoms with Crippen LogP contribution in [-0.2, 0) is 10.4 Å². The summed E-state index contributed by atoms with van der Waals surface area (Å²) >= 11 is 1.46. The van der Waals surface area contributed by atoms with E-state index < -0.39 is 17.0 Å². The molecule has 0 bridgehead atoms. The minimum Gasteiger partial charge on any atom is -0.481 e. The van der Waals surface area contributed by atoms with Crippen LogP contribution in [0.3, 0.4) is 0 Å². The van der Waals surface area contributed by atoms with Crippen LogP contribution in [0, 0.1) is 25.2 Å². The molecule has 1 saturated carbocycles. The molecule has 1 fully saturated rings. The second-order valence-corrected chi connectivity index (χ2v) is 10.2. The van der Waals surface area contributed by atoms with E-state index in [4.69, 9.17) is 0 Å². The Morgan fingerprint density at radius 3 is 2.69 bits per heavy atom. The number of nitrogens with one attached hydrogen (secondary N) is 1. The minimum absolute atomic E-state index is 0.157. The number of hydrogen-bond donors (Lipinski definition) is 3. The van der Waals surface area contributed by atoms with Crippen molar-refractivity contribution in [1.29, 1.82) is 0 Å². The topological polar surface area (TPSA) is 108 Å². The van der Waals surface area contributed by atoms with Crippen molar-refractivity contribution in [1.82, 2.24) is 15.0 Å². The number of aliphatic carboxylic acids is 1. The number of hydrogen-bond acceptors (Lipinski definition) is 7. The lowest BCUT2D eigenvalue weighted by atomic mass is 9.63. The van der Waals surface area contributed by atoms with Crippen molar-refractivity contribution in [2.45, 2.75) is 52.6 Å². The molecule has 3 aromatic rings. The first-order valence-electron chi connectivity index (χ1n) is 10.7. The summed E-state index contributed by atoms with van der Waals surface area (Å²) in [4.78, 5) is 25.9. The highest BCUT2D eigenvalue weighted by Gasteiger charge is 2.50. The SMILES string of the molecule is Cc1cc(Nc2nccc(C)n2)cc(-c2cnc([C@@]3(O)CC[C@@](C)(C(=O)O)[C@H](C)C3)s2)c1. The minimum atomic E-state index is -1.10. The molecule has 3 N–H and O–H groups in total. The van der Waals surface area contributed by atoms with Gasteiger partial charge in [0, 0.05) is 23.8 Å². The van der Waals surface area contributed by atoms with E-state index in [1.54, 1.807) is 19.3 Å². The molecule has 7 nitrogen and oxygen atoms in total. The number of carboxylic acid groups (broad SMARTS) is 1. The zero-order chi connectivity index (χ0) is 23.1. The Morgan fingerprint density at radius 2 is 2.00 bits per heavy atom. The van der Waals surface area contributed by atoms with Crippen molar-refractivity contribution in [3.63, 3.8) is 0 Å². The monoisotopic (exact) mass is 452 g/mol. The lowest BCUT2D eigenvalue weighted by Crippen LogP contribution is -2.45. The van der Waals surface area contributed by atoms with E-state index in [-0.39, 0.29) is 5.92 Å². The molecule has 168 valence electrons. The molecule has 0 aliphatic heterocycles. The van der Waals surface area contributed by atoms with Crippen LogP contribution < -0.4 is 5.32 Å². The first-order chi connectivity index (χ1) is 15.1. The van der Waals surface area contributed by atoms with Crippen LogP contribution in [0.15, 0.2) is 36.7 Å². The number of carbonyl (C=O) groups is 1. The smallest absolute Gasteiger partial charge is 0.309 e. The lowest BCUT2D eigenvalue weighted by molar-refractivity contribution is -0.159. The largest absolute Gasteiger partial charge is 0.481 e.